The zero-order valence-corrected chi connectivity index (χ0v) is 14.5. The molecule has 0 aliphatic carbocycles. The Morgan fingerprint density at radius 1 is 1.00 bits per heavy atom. The Labute approximate surface area is 135 Å². The predicted molar refractivity (Wildman–Crippen MR) is 89.4 cm³/mol. The van der Waals surface area contributed by atoms with Crippen LogP contribution in [0.4, 0.5) is 0 Å². The van der Waals surface area contributed by atoms with E-state index in [2.05, 4.69) is 38.5 Å². The van der Waals surface area contributed by atoms with Gasteiger partial charge in [0.05, 0.1) is 14.6 Å². The Morgan fingerprint density at radius 3 is 2.21 bits per heavy atom. The van der Waals surface area contributed by atoms with Gasteiger partial charge in [0.15, 0.2) is 9.84 Å². The van der Waals surface area contributed by atoms with E-state index in [0.717, 1.165) is 10.0 Å². The Bertz CT molecular complexity index is 656. The molecule has 2 aromatic rings. The SMILES string of the molecule is O=S(=O)(CC(I)c1ccccc1Br)c1ccccc1. The fourth-order valence-corrected chi connectivity index (χ4v) is 6.02. The van der Waals surface area contributed by atoms with E-state index in [1.165, 1.54) is 0 Å². The standard InChI is InChI=1S/C14H12BrIO2S/c15-13-9-5-4-8-12(13)14(16)10-19(17,18)11-6-2-1-3-7-11/h1-9,14H,10H2. The lowest BCUT2D eigenvalue weighted by molar-refractivity contribution is 0.595. The normalized spacial score (nSPS) is 13.2. The van der Waals surface area contributed by atoms with Crippen molar-refractivity contribution in [2.24, 2.45) is 0 Å². The van der Waals surface area contributed by atoms with Crippen LogP contribution in [-0.4, -0.2) is 14.2 Å². The topological polar surface area (TPSA) is 34.1 Å². The van der Waals surface area contributed by atoms with Crippen molar-refractivity contribution >= 4 is 48.4 Å². The highest BCUT2D eigenvalue weighted by molar-refractivity contribution is 14.1. The fourth-order valence-electron chi connectivity index (χ4n) is 1.74. The Hall–Kier alpha value is -0.400. The number of halogens is 2. The number of hydrogen-bond donors (Lipinski definition) is 0. The lowest BCUT2D eigenvalue weighted by atomic mass is 10.2. The highest BCUT2D eigenvalue weighted by Crippen LogP contribution is 2.32. The van der Waals surface area contributed by atoms with E-state index in [1.54, 1.807) is 24.3 Å². The molecule has 2 rings (SSSR count). The molecule has 0 bridgehead atoms. The lowest BCUT2D eigenvalue weighted by Crippen LogP contribution is -2.11. The first-order chi connectivity index (χ1) is 9.00. The first-order valence-corrected chi connectivity index (χ1v) is 9.36. The van der Waals surface area contributed by atoms with Gasteiger partial charge in [-0.05, 0) is 23.8 Å². The second kappa shape index (κ2) is 6.37. The van der Waals surface area contributed by atoms with Crippen LogP contribution in [-0.2, 0) is 9.84 Å². The van der Waals surface area contributed by atoms with Crippen molar-refractivity contribution in [3.63, 3.8) is 0 Å². The minimum Gasteiger partial charge on any atom is -0.224 e. The average molecular weight is 451 g/mol. The summed E-state index contributed by atoms with van der Waals surface area (Å²) in [6.45, 7) is 0. The first kappa shape index (κ1) is 15.0. The number of benzene rings is 2. The summed E-state index contributed by atoms with van der Waals surface area (Å²) in [5, 5.41) is 0. The highest BCUT2D eigenvalue weighted by Gasteiger charge is 2.21. The van der Waals surface area contributed by atoms with Crippen molar-refractivity contribution in [2.45, 2.75) is 8.82 Å². The molecule has 0 aliphatic rings. The summed E-state index contributed by atoms with van der Waals surface area (Å²) < 4.78 is 25.5. The third kappa shape index (κ3) is 3.79. The van der Waals surface area contributed by atoms with E-state index < -0.39 is 9.84 Å². The van der Waals surface area contributed by atoms with E-state index in [1.807, 2.05) is 30.3 Å². The van der Waals surface area contributed by atoms with Crippen molar-refractivity contribution in [2.75, 3.05) is 5.75 Å². The van der Waals surface area contributed by atoms with E-state index in [4.69, 9.17) is 0 Å². The molecule has 0 saturated carbocycles. The molecule has 0 saturated heterocycles. The maximum atomic E-state index is 12.3. The second-order valence-corrected chi connectivity index (χ2v) is 8.48. The molecule has 0 spiro atoms. The van der Waals surface area contributed by atoms with E-state index in [9.17, 15) is 8.42 Å². The predicted octanol–water partition coefficient (Wildman–Crippen LogP) is 4.40. The van der Waals surface area contributed by atoms with Gasteiger partial charge in [-0.25, -0.2) is 8.42 Å². The summed E-state index contributed by atoms with van der Waals surface area (Å²) in [6, 6.07) is 16.3. The van der Waals surface area contributed by atoms with Crippen molar-refractivity contribution < 1.29 is 8.42 Å². The van der Waals surface area contributed by atoms with Gasteiger partial charge in [0.25, 0.3) is 0 Å². The van der Waals surface area contributed by atoms with Gasteiger partial charge in [-0.3, -0.25) is 0 Å². The highest BCUT2D eigenvalue weighted by atomic mass is 127. The van der Waals surface area contributed by atoms with E-state index in [-0.39, 0.29) is 9.68 Å². The van der Waals surface area contributed by atoms with Crippen molar-refractivity contribution in [3.05, 3.63) is 64.6 Å². The van der Waals surface area contributed by atoms with Crippen LogP contribution in [0.15, 0.2) is 64.0 Å². The fraction of sp³-hybridized carbons (Fsp3) is 0.143. The smallest absolute Gasteiger partial charge is 0.179 e. The Kier molecular flexibility index (Phi) is 5.03. The van der Waals surface area contributed by atoms with Gasteiger partial charge < -0.3 is 0 Å². The van der Waals surface area contributed by atoms with Crippen LogP contribution in [0.3, 0.4) is 0 Å². The molecule has 0 radical (unpaired) electrons. The molecule has 0 fully saturated rings. The van der Waals surface area contributed by atoms with Crippen molar-refractivity contribution in [3.8, 4) is 0 Å². The Balaban J connectivity index is 2.24. The van der Waals surface area contributed by atoms with Crippen LogP contribution in [0.5, 0.6) is 0 Å². The summed E-state index contributed by atoms with van der Waals surface area (Å²) >= 11 is 5.64. The minimum atomic E-state index is -3.25. The molecular weight excluding hydrogens is 439 g/mol. The third-order valence-corrected chi connectivity index (χ3v) is 6.90. The molecule has 100 valence electrons. The third-order valence-electron chi connectivity index (χ3n) is 2.71. The zero-order chi connectivity index (χ0) is 13.9. The van der Waals surface area contributed by atoms with Crippen LogP contribution < -0.4 is 0 Å². The molecule has 2 aromatic carbocycles. The maximum absolute atomic E-state index is 12.3. The van der Waals surface area contributed by atoms with Gasteiger partial charge in [0.2, 0.25) is 0 Å². The summed E-state index contributed by atoms with van der Waals surface area (Å²) in [5.74, 6) is 0.0974. The molecule has 0 amide bonds. The number of rotatable bonds is 4. The van der Waals surface area contributed by atoms with Crippen LogP contribution in [0.1, 0.15) is 9.49 Å². The van der Waals surface area contributed by atoms with Gasteiger partial charge in [0, 0.05) is 4.47 Å². The van der Waals surface area contributed by atoms with Crippen molar-refractivity contribution in [1.82, 2.24) is 0 Å². The monoisotopic (exact) mass is 450 g/mol. The van der Waals surface area contributed by atoms with Crippen LogP contribution in [0, 0.1) is 0 Å². The van der Waals surface area contributed by atoms with Gasteiger partial charge in [0.1, 0.15) is 0 Å². The number of hydrogen-bond acceptors (Lipinski definition) is 2. The summed E-state index contributed by atoms with van der Waals surface area (Å²) in [5.41, 5.74) is 1.00. The minimum absolute atomic E-state index is 0.0848. The second-order valence-electron chi connectivity index (χ2n) is 4.08. The summed E-state index contributed by atoms with van der Waals surface area (Å²) in [4.78, 5) is 0.378. The average Bonchev–Trinajstić information content (AvgIpc) is 2.39. The number of alkyl halides is 1. The first-order valence-electron chi connectivity index (χ1n) is 5.67. The number of sulfone groups is 1. The van der Waals surface area contributed by atoms with Crippen LogP contribution in [0.2, 0.25) is 0 Å². The van der Waals surface area contributed by atoms with Gasteiger partial charge in [-0.1, -0.05) is 74.9 Å². The molecule has 5 heteroatoms. The lowest BCUT2D eigenvalue weighted by Gasteiger charge is -2.12. The van der Waals surface area contributed by atoms with Gasteiger partial charge in [-0.2, -0.15) is 0 Å². The van der Waals surface area contributed by atoms with Crippen LogP contribution in [0.25, 0.3) is 0 Å². The molecular formula is C14H12BrIO2S. The molecule has 2 nitrogen and oxygen atoms in total. The quantitative estimate of drug-likeness (QED) is 0.511. The molecule has 19 heavy (non-hydrogen) atoms. The molecule has 0 N–H and O–H groups in total. The molecule has 0 heterocycles. The molecule has 1 unspecified atom stereocenters. The van der Waals surface area contributed by atoms with Gasteiger partial charge >= 0.3 is 0 Å². The summed E-state index contributed by atoms with van der Waals surface area (Å²) in [7, 11) is -3.25. The van der Waals surface area contributed by atoms with E-state index in [0.29, 0.717) is 4.90 Å². The van der Waals surface area contributed by atoms with Crippen LogP contribution >= 0.6 is 38.5 Å². The van der Waals surface area contributed by atoms with E-state index >= 15 is 0 Å². The molecule has 0 aromatic heterocycles. The largest absolute Gasteiger partial charge is 0.224 e. The maximum Gasteiger partial charge on any atom is 0.179 e. The summed E-state index contributed by atoms with van der Waals surface area (Å²) in [6.07, 6.45) is 0. The van der Waals surface area contributed by atoms with Gasteiger partial charge in [-0.15, -0.1) is 0 Å². The Morgan fingerprint density at radius 2 is 1.58 bits per heavy atom. The zero-order valence-electron chi connectivity index (χ0n) is 9.96. The van der Waals surface area contributed by atoms with Crippen molar-refractivity contribution in [1.29, 1.82) is 0 Å². The molecule has 1 atom stereocenters. The molecule has 0 aliphatic heterocycles.